The smallest absolute Gasteiger partial charge is 0.271 e. The number of nitrogens with one attached hydrogen (secondary N) is 1. The number of aryl methyl sites for hydroxylation is 3. The molecule has 2 unspecified atom stereocenters. The van der Waals surface area contributed by atoms with E-state index in [9.17, 15) is 23.3 Å². The molecule has 0 saturated heterocycles. The Balaban J connectivity index is 1.92. The van der Waals surface area contributed by atoms with Crippen LogP contribution in [0.3, 0.4) is 0 Å². The van der Waals surface area contributed by atoms with Crippen molar-refractivity contribution in [2.75, 3.05) is 10.6 Å². The van der Waals surface area contributed by atoms with Crippen LogP contribution < -0.4 is 9.62 Å². The van der Waals surface area contributed by atoms with Crippen LogP contribution in [0.4, 0.5) is 11.4 Å². The van der Waals surface area contributed by atoms with Crippen LogP contribution in [0.15, 0.2) is 36.4 Å². The summed E-state index contributed by atoms with van der Waals surface area (Å²) < 4.78 is 26.5. The monoisotopic (exact) mass is 459 g/mol. The Morgan fingerprint density at radius 2 is 1.88 bits per heavy atom. The van der Waals surface area contributed by atoms with Crippen molar-refractivity contribution in [1.82, 2.24) is 5.32 Å². The van der Waals surface area contributed by atoms with Crippen LogP contribution in [0.5, 0.6) is 0 Å². The number of hydrogen-bond acceptors (Lipinski definition) is 5. The van der Waals surface area contributed by atoms with Gasteiger partial charge in [-0.2, -0.15) is 0 Å². The third kappa shape index (κ3) is 4.93. The molecule has 0 saturated carbocycles. The number of rotatable bonds is 8. The number of hydrogen-bond donors (Lipinski definition) is 1. The zero-order chi connectivity index (χ0) is 23.6. The fourth-order valence-corrected chi connectivity index (χ4v) is 5.50. The molecule has 0 radical (unpaired) electrons. The first-order chi connectivity index (χ1) is 15.0. The predicted octanol–water partition coefficient (Wildman–Crippen LogP) is 3.81. The summed E-state index contributed by atoms with van der Waals surface area (Å²) in [4.78, 5) is 23.9. The molecule has 1 amide bonds. The molecule has 1 N–H and O–H groups in total. The minimum absolute atomic E-state index is 0.133. The van der Waals surface area contributed by atoms with Crippen molar-refractivity contribution in [1.29, 1.82) is 0 Å². The molecule has 0 aliphatic heterocycles. The van der Waals surface area contributed by atoms with E-state index < -0.39 is 26.9 Å². The number of fused-ring (bicyclic) bond motifs is 1. The Labute approximate surface area is 188 Å². The van der Waals surface area contributed by atoms with Crippen molar-refractivity contribution in [3.63, 3.8) is 0 Å². The molecular weight excluding hydrogens is 430 g/mol. The van der Waals surface area contributed by atoms with Crippen molar-refractivity contribution >= 4 is 27.3 Å². The number of non-ortho nitro benzene ring substituents is 1. The molecule has 32 heavy (non-hydrogen) atoms. The van der Waals surface area contributed by atoms with Gasteiger partial charge in [0.15, 0.2) is 0 Å². The van der Waals surface area contributed by atoms with E-state index >= 15 is 0 Å². The molecule has 2 atom stereocenters. The summed E-state index contributed by atoms with van der Waals surface area (Å²) in [6.07, 6.45) is 4.43. The van der Waals surface area contributed by atoms with Crippen LogP contribution in [-0.2, 0) is 27.7 Å². The van der Waals surface area contributed by atoms with Crippen molar-refractivity contribution in [2.24, 2.45) is 0 Å². The van der Waals surface area contributed by atoms with Gasteiger partial charge < -0.3 is 5.32 Å². The van der Waals surface area contributed by atoms with E-state index in [1.54, 1.807) is 13.8 Å². The molecule has 2 aromatic carbocycles. The lowest BCUT2D eigenvalue weighted by Gasteiger charge is -2.32. The Hall–Kier alpha value is -2.94. The Kier molecular flexibility index (Phi) is 6.88. The average Bonchev–Trinajstić information content (AvgIpc) is 3.19. The van der Waals surface area contributed by atoms with Gasteiger partial charge in [0.2, 0.25) is 15.9 Å². The first-order valence-corrected chi connectivity index (χ1v) is 12.5. The van der Waals surface area contributed by atoms with Crippen LogP contribution in [0.25, 0.3) is 0 Å². The van der Waals surface area contributed by atoms with Crippen LogP contribution >= 0.6 is 0 Å². The van der Waals surface area contributed by atoms with Gasteiger partial charge in [0, 0.05) is 12.1 Å². The number of benzene rings is 2. The third-order valence-electron chi connectivity index (χ3n) is 5.95. The van der Waals surface area contributed by atoms with Crippen LogP contribution in [0.2, 0.25) is 0 Å². The second-order valence-electron chi connectivity index (χ2n) is 8.32. The molecule has 9 heteroatoms. The van der Waals surface area contributed by atoms with E-state index in [1.807, 2.05) is 13.0 Å². The van der Waals surface area contributed by atoms with Crippen molar-refractivity contribution < 1.29 is 18.1 Å². The maximum absolute atomic E-state index is 13.2. The van der Waals surface area contributed by atoms with Gasteiger partial charge in [-0.1, -0.05) is 31.2 Å². The Bertz CT molecular complexity index is 1150. The fraction of sp³-hybridized carbons (Fsp3) is 0.435. The number of anilines is 1. The summed E-state index contributed by atoms with van der Waals surface area (Å²) >= 11 is 0. The highest BCUT2D eigenvalue weighted by Gasteiger charge is 2.34. The van der Waals surface area contributed by atoms with Gasteiger partial charge in [0.25, 0.3) is 5.69 Å². The zero-order valence-electron chi connectivity index (χ0n) is 18.8. The number of amides is 1. The Morgan fingerprint density at radius 1 is 1.19 bits per heavy atom. The summed E-state index contributed by atoms with van der Waals surface area (Å²) in [6, 6.07) is 8.85. The predicted molar refractivity (Wildman–Crippen MR) is 124 cm³/mol. The summed E-state index contributed by atoms with van der Waals surface area (Å²) in [5.41, 5.74) is 4.02. The van der Waals surface area contributed by atoms with Gasteiger partial charge in [-0.3, -0.25) is 19.2 Å². The number of nitro benzene ring substituents is 1. The van der Waals surface area contributed by atoms with Gasteiger partial charge in [0.05, 0.1) is 22.9 Å². The second kappa shape index (κ2) is 9.28. The normalized spacial score (nSPS) is 15.0. The minimum Gasteiger partial charge on any atom is -0.348 e. The highest BCUT2D eigenvalue weighted by molar-refractivity contribution is 7.92. The molecule has 0 heterocycles. The molecule has 0 aromatic heterocycles. The minimum atomic E-state index is -3.90. The summed E-state index contributed by atoms with van der Waals surface area (Å²) in [6.45, 7) is 5.24. The molecular formula is C23H29N3O5S. The van der Waals surface area contributed by atoms with E-state index in [0.717, 1.165) is 35.4 Å². The van der Waals surface area contributed by atoms with Gasteiger partial charge >= 0.3 is 0 Å². The maximum Gasteiger partial charge on any atom is 0.271 e. The fourth-order valence-electron chi connectivity index (χ4n) is 4.24. The number of carbonyl (C=O) groups excluding carboxylic acids is 1. The van der Waals surface area contributed by atoms with Gasteiger partial charge in [-0.25, -0.2) is 8.42 Å². The standard InChI is InChI=1S/C23H29N3O5S/c1-5-21(23(27)24-16(3)18-11-10-17-7-6-8-19(17)13-18)25(32(4,30)31)22-14-20(26(28)29)12-9-15(22)2/h9-14,16,21H,5-8H2,1-4H3,(H,24,27). The second-order valence-corrected chi connectivity index (χ2v) is 10.2. The molecule has 0 spiro atoms. The number of nitro groups is 1. The lowest BCUT2D eigenvalue weighted by molar-refractivity contribution is -0.384. The van der Waals surface area contributed by atoms with E-state index in [0.29, 0.717) is 5.56 Å². The number of carbonyl (C=O) groups is 1. The molecule has 1 aliphatic rings. The molecule has 3 rings (SSSR count). The highest BCUT2D eigenvalue weighted by Crippen LogP contribution is 2.31. The maximum atomic E-state index is 13.2. The third-order valence-corrected chi connectivity index (χ3v) is 7.12. The average molecular weight is 460 g/mol. The van der Waals surface area contributed by atoms with Gasteiger partial charge in [-0.15, -0.1) is 0 Å². The zero-order valence-corrected chi connectivity index (χ0v) is 19.6. The Morgan fingerprint density at radius 3 is 2.50 bits per heavy atom. The number of sulfonamides is 1. The lowest BCUT2D eigenvalue weighted by atomic mass is 10.0. The molecule has 0 bridgehead atoms. The van der Waals surface area contributed by atoms with Crippen molar-refractivity contribution in [3.8, 4) is 0 Å². The van der Waals surface area contributed by atoms with Crippen LogP contribution in [0.1, 0.15) is 55.0 Å². The first kappa shape index (κ1) is 23.7. The van der Waals surface area contributed by atoms with Gasteiger partial charge in [0.1, 0.15) is 6.04 Å². The summed E-state index contributed by atoms with van der Waals surface area (Å²) in [5.74, 6) is -0.447. The summed E-state index contributed by atoms with van der Waals surface area (Å²) in [7, 11) is -3.90. The highest BCUT2D eigenvalue weighted by atomic mass is 32.2. The molecule has 172 valence electrons. The van der Waals surface area contributed by atoms with E-state index in [-0.39, 0.29) is 23.8 Å². The molecule has 0 fully saturated rings. The van der Waals surface area contributed by atoms with Crippen molar-refractivity contribution in [3.05, 3.63) is 68.8 Å². The van der Waals surface area contributed by atoms with E-state index in [4.69, 9.17) is 0 Å². The quantitative estimate of drug-likeness (QED) is 0.477. The van der Waals surface area contributed by atoms with Crippen LogP contribution in [-0.4, -0.2) is 31.5 Å². The van der Waals surface area contributed by atoms with E-state index in [2.05, 4.69) is 17.4 Å². The summed E-state index contributed by atoms with van der Waals surface area (Å²) in [5, 5.41) is 14.2. The first-order valence-electron chi connectivity index (χ1n) is 10.7. The molecule has 1 aliphatic carbocycles. The van der Waals surface area contributed by atoms with Crippen LogP contribution in [0, 0.1) is 17.0 Å². The number of nitrogens with zero attached hydrogens (tertiary/aromatic N) is 2. The molecule has 8 nitrogen and oxygen atoms in total. The van der Waals surface area contributed by atoms with Crippen molar-refractivity contribution in [2.45, 2.75) is 58.5 Å². The topological polar surface area (TPSA) is 110 Å². The largest absolute Gasteiger partial charge is 0.348 e. The van der Waals surface area contributed by atoms with E-state index in [1.165, 1.54) is 29.3 Å². The SMILES string of the molecule is CCC(C(=O)NC(C)c1ccc2c(c1)CCC2)N(c1cc([N+](=O)[O-])ccc1C)S(C)(=O)=O. The molecule has 2 aromatic rings. The lowest BCUT2D eigenvalue weighted by Crippen LogP contribution is -2.50. The van der Waals surface area contributed by atoms with Gasteiger partial charge in [-0.05, 0) is 61.8 Å².